The molecule has 3 unspecified atom stereocenters. The first kappa shape index (κ1) is 11.4. The fourth-order valence-corrected chi connectivity index (χ4v) is 3.79. The van der Waals surface area contributed by atoms with Crippen LogP contribution in [0.2, 0.25) is 0 Å². The molecular weight excluding hydrogens is 212 g/mol. The quantitative estimate of drug-likeness (QED) is 0.699. The molecule has 0 saturated heterocycles. The molecule has 0 spiro atoms. The minimum absolute atomic E-state index is 0.389. The Balaban J connectivity index is 1.94. The van der Waals surface area contributed by atoms with Crippen molar-refractivity contribution >= 4 is 10.1 Å². The summed E-state index contributed by atoms with van der Waals surface area (Å²) in [4.78, 5) is 0. The summed E-state index contributed by atoms with van der Waals surface area (Å²) < 4.78 is 26.8. The first-order valence-electron chi connectivity index (χ1n) is 5.65. The molecule has 15 heavy (non-hydrogen) atoms. The second-order valence-corrected chi connectivity index (χ2v) is 7.33. The van der Waals surface area contributed by atoms with Crippen LogP contribution in [-0.2, 0) is 14.3 Å². The molecule has 0 aromatic heterocycles. The van der Waals surface area contributed by atoms with E-state index in [2.05, 4.69) is 13.8 Å². The highest BCUT2D eigenvalue weighted by Crippen LogP contribution is 2.61. The van der Waals surface area contributed by atoms with Crippen molar-refractivity contribution in [3.63, 3.8) is 0 Å². The molecule has 3 fully saturated rings. The number of rotatable bonds is 3. The second-order valence-electron chi connectivity index (χ2n) is 5.69. The standard InChI is InChI=1S/C11H20O3S/c1-11(2)9-5-4-8(10(11)6-9)7-14-15(3,12)13/h8-10H,4-7H2,1-3H3. The molecule has 2 bridgehead atoms. The van der Waals surface area contributed by atoms with Crippen LogP contribution in [-0.4, -0.2) is 21.3 Å². The fourth-order valence-electron chi connectivity index (χ4n) is 3.37. The molecule has 3 nitrogen and oxygen atoms in total. The van der Waals surface area contributed by atoms with Gasteiger partial charge in [0.05, 0.1) is 12.9 Å². The van der Waals surface area contributed by atoms with Gasteiger partial charge in [-0.25, -0.2) is 0 Å². The molecule has 0 aromatic rings. The fraction of sp³-hybridized carbons (Fsp3) is 1.00. The van der Waals surface area contributed by atoms with Gasteiger partial charge in [0, 0.05) is 0 Å². The maximum absolute atomic E-state index is 10.9. The zero-order chi connectivity index (χ0) is 11.3. The Hall–Kier alpha value is -0.0900. The lowest BCUT2D eigenvalue weighted by Crippen LogP contribution is -2.53. The third-order valence-electron chi connectivity index (χ3n) is 4.50. The first-order chi connectivity index (χ1) is 6.81. The van der Waals surface area contributed by atoms with E-state index < -0.39 is 10.1 Å². The van der Waals surface area contributed by atoms with Gasteiger partial charge in [-0.1, -0.05) is 13.8 Å². The Labute approximate surface area is 92.3 Å². The number of hydrogen-bond donors (Lipinski definition) is 0. The van der Waals surface area contributed by atoms with Gasteiger partial charge < -0.3 is 0 Å². The maximum Gasteiger partial charge on any atom is 0.264 e. The van der Waals surface area contributed by atoms with Crippen LogP contribution in [0.5, 0.6) is 0 Å². The summed E-state index contributed by atoms with van der Waals surface area (Å²) >= 11 is 0. The lowest BCUT2D eigenvalue weighted by molar-refractivity contribution is -0.113. The first-order valence-corrected chi connectivity index (χ1v) is 7.47. The lowest BCUT2D eigenvalue weighted by Gasteiger charge is -2.60. The predicted molar refractivity (Wildman–Crippen MR) is 58.9 cm³/mol. The van der Waals surface area contributed by atoms with E-state index in [0.29, 0.717) is 23.9 Å². The molecule has 3 atom stereocenters. The molecule has 0 aromatic carbocycles. The van der Waals surface area contributed by atoms with E-state index in [9.17, 15) is 8.42 Å². The zero-order valence-corrected chi connectivity index (χ0v) is 10.5. The number of hydrogen-bond acceptors (Lipinski definition) is 3. The molecule has 0 heterocycles. The summed E-state index contributed by atoms with van der Waals surface area (Å²) in [6.45, 7) is 5.00. The highest BCUT2D eigenvalue weighted by Gasteiger charge is 2.54. The highest BCUT2D eigenvalue weighted by molar-refractivity contribution is 7.85. The molecule has 0 amide bonds. The van der Waals surface area contributed by atoms with Crippen LogP contribution in [0.4, 0.5) is 0 Å². The van der Waals surface area contributed by atoms with Gasteiger partial charge in [0.1, 0.15) is 0 Å². The zero-order valence-electron chi connectivity index (χ0n) is 9.69. The highest BCUT2D eigenvalue weighted by atomic mass is 32.2. The topological polar surface area (TPSA) is 43.4 Å². The third-order valence-corrected chi connectivity index (χ3v) is 5.06. The number of fused-ring (bicyclic) bond motifs is 2. The molecule has 4 heteroatoms. The molecule has 0 aliphatic heterocycles. The molecule has 88 valence electrons. The molecule has 3 saturated carbocycles. The van der Waals surface area contributed by atoms with Crippen LogP contribution in [0.1, 0.15) is 33.1 Å². The van der Waals surface area contributed by atoms with E-state index in [1.54, 1.807) is 0 Å². The summed E-state index contributed by atoms with van der Waals surface area (Å²) in [5.74, 6) is 1.97. The van der Waals surface area contributed by atoms with Gasteiger partial charge >= 0.3 is 0 Å². The molecule has 3 rings (SSSR count). The Kier molecular flexibility index (Phi) is 2.62. The van der Waals surface area contributed by atoms with Gasteiger partial charge in [-0.15, -0.1) is 0 Å². The van der Waals surface area contributed by atoms with E-state index in [1.807, 2.05) is 0 Å². The van der Waals surface area contributed by atoms with Crippen LogP contribution in [0.25, 0.3) is 0 Å². The van der Waals surface area contributed by atoms with Crippen LogP contribution >= 0.6 is 0 Å². The Morgan fingerprint density at radius 1 is 1.33 bits per heavy atom. The van der Waals surface area contributed by atoms with Crippen LogP contribution in [0.15, 0.2) is 0 Å². The van der Waals surface area contributed by atoms with Gasteiger partial charge in [0.25, 0.3) is 10.1 Å². The van der Waals surface area contributed by atoms with Crippen molar-refractivity contribution < 1.29 is 12.6 Å². The monoisotopic (exact) mass is 232 g/mol. The van der Waals surface area contributed by atoms with Crippen molar-refractivity contribution in [2.75, 3.05) is 12.9 Å². The van der Waals surface area contributed by atoms with Crippen LogP contribution in [0.3, 0.4) is 0 Å². The van der Waals surface area contributed by atoms with Crippen LogP contribution in [0, 0.1) is 23.2 Å². The summed E-state index contributed by atoms with van der Waals surface area (Å²) in [5, 5.41) is 0. The molecular formula is C11H20O3S. The SMILES string of the molecule is CC1(C)C2CCC(COS(C)(=O)=O)C1C2. The van der Waals surface area contributed by atoms with Gasteiger partial charge in [0.2, 0.25) is 0 Å². The van der Waals surface area contributed by atoms with E-state index in [0.717, 1.165) is 18.6 Å². The van der Waals surface area contributed by atoms with Crippen molar-refractivity contribution in [2.24, 2.45) is 23.2 Å². The van der Waals surface area contributed by atoms with Gasteiger partial charge in [-0.2, -0.15) is 8.42 Å². The molecule has 0 N–H and O–H groups in total. The Morgan fingerprint density at radius 2 is 2.00 bits per heavy atom. The summed E-state index contributed by atoms with van der Waals surface area (Å²) in [6.07, 6.45) is 4.77. The van der Waals surface area contributed by atoms with Gasteiger partial charge in [-0.05, 0) is 42.4 Å². The minimum Gasteiger partial charge on any atom is -0.270 e. The summed E-state index contributed by atoms with van der Waals surface area (Å²) in [5.41, 5.74) is 0.407. The predicted octanol–water partition coefficient (Wildman–Crippen LogP) is 2.03. The smallest absolute Gasteiger partial charge is 0.264 e. The normalized spacial score (nSPS) is 38.5. The second kappa shape index (κ2) is 3.45. The molecule has 3 aliphatic rings. The van der Waals surface area contributed by atoms with Crippen molar-refractivity contribution in [1.82, 2.24) is 0 Å². The van der Waals surface area contributed by atoms with Crippen molar-refractivity contribution in [3.05, 3.63) is 0 Å². The average Bonchev–Trinajstić information content (AvgIpc) is 2.13. The van der Waals surface area contributed by atoms with E-state index in [1.165, 1.54) is 12.8 Å². The van der Waals surface area contributed by atoms with E-state index in [-0.39, 0.29) is 0 Å². The largest absolute Gasteiger partial charge is 0.270 e. The van der Waals surface area contributed by atoms with Crippen LogP contribution < -0.4 is 0 Å². The van der Waals surface area contributed by atoms with Crippen molar-refractivity contribution in [1.29, 1.82) is 0 Å². The Bertz CT molecular complexity index is 343. The minimum atomic E-state index is -3.27. The van der Waals surface area contributed by atoms with E-state index in [4.69, 9.17) is 4.18 Å². The van der Waals surface area contributed by atoms with Gasteiger partial charge in [0.15, 0.2) is 0 Å². The summed E-state index contributed by atoms with van der Waals surface area (Å²) in [7, 11) is -3.27. The van der Waals surface area contributed by atoms with Crippen molar-refractivity contribution in [2.45, 2.75) is 33.1 Å². The average molecular weight is 232 g/mol. The third kappa shape index (κ3) is 2.07. The summed E-state index contributed by atoms with van der Waals surface area (Å²) in [6, 6.07) is 0. The molecule has 3 aliphatic carbocycles. The molecule has 0 radical (unpaired) electrons. The van der Waals surface area contributed by atoms with Gasteiger partial charge in [-0.3, -0.25) is 4.18 Å². The van der Waals surface area contributed by atoms with E-state index >= 15 is 0 Å². The van der Waals surface area contributed by atoms with Crippen molar-refractivity contribution in [3.8, 4) is 0 Å². The maximum atomic E-state index is 10.9. The lowest BCUT2D eigenvalue weighted by atomic mass is 9.46. The Morgan fingerprint density at radius 3 is 2.47 bits per heavy atom.